The fraction of sp³-hybridized carbons (Fsp3) is 0.160. The Balaban J connectivity index is 1.37. The minimum atomic E-state index is -0.343. The highest BCUT2D eigenvalue weighted by Crippen LogP contribution is 2.37. The second-order valence-electron chi connectivity index (χ2n) is 7.90. The number of aromatic nitrogens is 2. The molecule has 0 radical (unpaired) electrons. The Labute approximate surface area is 187 Å². The summed E-state index contributed by atoms with van der Waals surface area (Å²) in [5.41, 5.74) is 3.21. The zero-order valence-corrected chi connectivity index (χ0v) is 17.9. The molecule has 7 heteroatoms. The van der Waals surface area contributed by atoms with Gasteiger partial charge in [0.25, 0.3) is 5.56 Å². The monoisotopic (exact) mass is 441 g/mol. The van der Waals surface area contributed by atoms with Gasteiger partial charge in [-0.2, -0.15) is 0 Å². The van der Waals surface area contributed by atoms with E-state index in [1.807, 2.05) is 59.5 Å². The minimum absolute atomic E-state index is 0.0817. The predicted molar refractivity (Wildman–Crippen MR) is 124 cm³/mol. The van der Waals surface area contributed by atoms with Crippen LogP contribution in [0.1, 0.15) is 22.0 Å². The molecule has 3 aromatic heterocycles. The van der Waals surface area contributed by atoms with E-state index in [9.17, 15) is 9.59 Å². The number of hydrogen-bond acceptors (Lipinski definition) is 5. The average Bonchev–Trinajstić information content (AvgIpc) is 3.46. The Bertz CT molecular complexity index is 1520. The van der Waals surface area contributed by atoms with Crippen molar-refractivity contribution in [2.24, 2.45) is 0 Å². The van der Waals surface area contributed by atoms with Crippen molar-refractivity contribution in [3.05, 3.63) is 98.7 Å². The van der Waals surface area contributed by atoms with E-state index >= 15 is 0 Å². The number of amides is 1. The summed E-state index contributed by atoms with van der Waals surface area (Å²) in [5.74, 6) is -0.116. The Morgan fingerprint density at radius 3 is 2.78 bits per heavy atom. The first-order valence-electron chi connectivity index (χ1n) is 10.5. The van der Waals surface area contributed by atoms with Gasteiger partial charge in [0.05, 0.1) is 12.4 Å². The highest BCUT2D eigenvalue weighted by atomic mass is 32.1. The SMILES string of the molecule is O=C(Cn1cnc2c(oc3ccccc32)c1=O)N1CCc2sccc2[C@H]1c1ccccc1. The standard InChI is InChI=1S/C25H19N3O3S/c29-21(14-27-15-26-22-17-8-4-5-9-19(17)31-24(22)25(27)30)28-12-10-20-18(11-13-32-20)23(28)16-6-2-1-3-7-16/h1-9,11,13,15,23H,10,12,14H2/t23-/m1/s1. The fourth-order valence-electron chi connectivity index (χ4n) is 4.54. The van der Waals surface area contributed by atoms with Gasteiger partial charge in [-0.05, 0) is 41.1 Å². The van der Waals surface area contributed by atoms with E-state index in [2.05, 4.69) is 16.4 Å². The summed E-state index contributed by atoms with van der Waals surface area (Å²) in [6.45, 7) is 0.530. The van der Waals surface area contributed by atoms with Crippen molar-refractivity contribution in [2.75, 3.05) is 6.54 Å². The predicted octanol–water partition coefficient (Wildman–Crippen LogP) is 4.38. The van der Waals surface area contributed by atoms with Gasteiger partial charge in [-0.1, -0.05) is 42.5 Å². The molecule has 6 rings (SSSR count). The van der Waals surface area contributed by atoms with E-state index in [-0.39, 0.29) is 29.6 Å². The Morgan fingerprint density at radius 1 is 1.09 bits per heavy atom. The molecule has 6 nitrogen and oxygen atoms in total. The molecule has 0 unspecified atom stereocenters. The van der Waals surface area contributed by atoms with Gasteiger partial charge in [0, 0.05) is 16.8 Å². The highest BCUT2D eigenvalue weighted by Gasteiger charge is 2.33. The number of para-hydroxylation sites is 1. The molecule has 1 amide bonds. The molecule has 0 saturated heterocycles. The molecule has 5 aromatic rings. The van der Waals surface area contributed by atoms with Crippen LogP contribution in [-0.4, -0.2) is 26.9 Å². The molecular weight excluding hydrogens is 422 g/mol. The molecule has 1 aliphatic heterocycles. The average molecular weight is 442 g/mol. The summed E-state index contributed by atoms with van der Waals surface area (Å²) in [6, 6.07) is 19.4. The van der Waals surface area contributed by atoms with E-state index in [1.54, 1.807) is 11.3 Å². The van der Waals surface area contributed by atoms with E-state index < -0.39 is 0 Å². The molecule has 0 N–H and O–H groups in total. The first-order chi connectivity index (χ1) is 15.7. The summed E-state index contributed by atoms with van der Waals surface area (Å²) in [5, 5.41) is 2.88. The number of fused-ring (bicyclic) bond motifs is 4. The van der Waals surface area contributed by atoms with Crippen LogP contribution < -0.4 is 5.56 Å². The zero-order valence-electron chi connectivity index (χ0n) is 17.1. The Morgan fingerprint density at radius 2 is 1.91 bits per heavy atom. The largest absolute Gasteiger partial charge is 0.448 e. The van der Waals surface area contributed by atoms with Crippen molar-refractivity contribution >= 4 is 39.3 Å². The van der Waals surface area contributed by atoms with Crippen LogP contribution in [0.4, 0.5) is 0 Å². The smallest absolute Gasteiger partial charge is 0.297 e. The third-order valence-corrected chi connectivity index (χ3v) is 7.05. The third kappa shape index (κ3) is 2.97. The van der Waals surface area contributed by atoms with Crippen molar-refractivity contribution in [1.29, 1.82) is 0 Å². The zero-order chi connectivity index (χ0) is 21.7. The topological polar surface area (TPSA) is 68.3 Å². The third-order valence-electron chi connectivity index (χ3n) is 6.06. The quantitative estimate of drug-likeness (QED) is 0.417. The summed E-state index contributed by atoms with van der Waals surface area (Å²) < 4.78 is 7.10. The molecule has 4 heterocycles. The van der Waals surface area contributed by atoms with E-state index in [1.165, 1.54) is 21.3 Å². The van der Waals surface area contributed by atoms with Crippen LogP contribution in [0, 0.1) is 0 Å². The molecule has 1 aliphatic rings. The summed E-state index contributed by atoms with van der Waals surface area (Å²) in [6.07, 6.45) is 2.26. The number of carbonyl (C=O) groups excluding carboxylic acids is 1. The minimum Gasteiger partial charge on any atom is -0.448 e. The van der Waals surface area contributed by atoms with Gasteiger partial charge >= 0.3 is 0 Å². The van der Waals surface area contributed by atoms with Gasteiger partial charge in [-0.3, -0.25) is 14.2 Å². The highest BCUT2D eigenvalue weighted by molar-refractivity contribution is 7.10. The number of benzene rings is 2. The molecule has 158 valence electrons. The second kappa shape index (κ2) is 7.46. The number of nitrogens with zero attached hydrogens (tertiary/aromatic N) is 3. The van der Waals surface area contributed by atoms with Crippen LogP contribution in [0.25, 0.3) is 22.1 Å². The number of hydrogen-bond donors (Lipinski definition) is 0. The molecule has 2 aromatic carbocycles. The molecule has 0 bridgehead atoms. The van der Waals surface area contributed by atoms with Crippen LogP contribution in [0.15, 0.2) is 81.6 Å². The van der Waals surface area contributed by atoms with E-state index in [0.29, 0.717) is 17.6 Å². The fourth-order valence-corrected chi connectivity index (χ4v) is 5.45. The Kier molecular flexibility index (Phi) is 4.43. The Hall–Kier alpha value is -3.71. The molecule has 32 heavy (non-hydrogen) atoms. The summed E-state index contributed by atoms with van der Waals surface area (Å²) in [4.78, 5) is 34.2. The van der Waals surface area contributed by atoms with E-state index in [4.69, 9.17) is 4.42 Å². The van der Waals surface area contributed by atoms with Crippen LogP contribution in [0.2, 0.25) is 0 Å². The second-order valence-corrected chi connectivity index (χ2v) is 8.90. The normalized spacial score (nSPS) is 15.9. The molecule has 0 aliphatic carbocycles. The maximum absolute atomic E-state index is 13.5. The summed E-state index contributed by atoms with van der Waals surface area (Å²) in [7, 11) is 0. The van der Waals surface area contributed by atoms with Crippen molar-refractivity contribution in [3.63, 3.8) is 0 Å². The van der Waals surface area contributed by atoms with Gasteiger partial charge in [-0.15, -0.1) is 11.3 Å². The lowest BCUT2D eigenvalue weighted by Crippen LogP contribution is -2.42. The molecular formula is C25H19N3O3S. The van der Waals surface area contributed by atoms with Gasteiger partial charge in [0.2, 0.25) is 11.5 Å². The van der Waals surface area contributed by atoms with Crippen molar-refractivity contribution in [1.82, 2.24) is 14.5 Å². The number of rotatable bonds is 3. The number of thiophene rings is 1. The van der Waals surface area contributed by atoms with Gasteiger partial charge < -0.3 is 9.32 Å². The lowest BCUT2D eigenvalue weighted by atomic mass is 9.93. The number of furan rings is 1. The first kappa shape index (κ1) is 19.0. The molecule has 0 fully saturated rings. The maximum atomic E-state index is 13.5. The molecule has 1 atom stereocenters. The van der Waals surface area contributed by atoms with Crippen LogP contribution in [0.3, 0.4) is 0 Å². The van der Waals surface area contributed by atoms with Crippen LogP contribution in [-0.2, 0) is 17.8 Å². The van der Waals surface area contributed by atoms with Crippen molar-refractivity contribution in [2.45, 2.75) is 19.0 Å². The lowest BCUT2D eigenvalue weighted by molar-refractivity contribution is -0.134. The maximum Gasteiger partial charge on any atom is 0.297 e. The van der Waals surface area contributed by atoms with Crippen molar-refractivity contribution in [3.8, 4) is 0 Å². The van der Waals surface area contributed by atoms with Gasteiger partial charge in [0.15, 0.2) is 0 Å². The number of carbonyl (C=O) groups is 1. The molecule has 0 spiro atoms. The van der Waals surface area contributed by atoms with Crippen LogP contribution in [0.5, 0.6) is 0 Å². The summed E-state index contributed by atoms with van der Waals surface area (Å²) >= 11 is 1.73. The van der Waals surface area contributed by atoms with E-state index in [0.717, 1.165) is 17.4 Å². The first-order valence-corrected chi connectivity index (χ1v) is 11.4. The van der Waals surface area contributed by atoms with Gasteiger partial charge in [0.1, 0.15) is 17.6 Å². The lowest BCUT2D eigenvalue weighted by Gasteiger charge is -2.36. The van der Waals surface area contributed by atoms with Crippen molar-refractivity contribution < 1.29 is 9.21 Å². The van der Waals surface area contributed by atoms with Gasteiger partial charge in [-0.25, -0.2) is 4.98 Å². The van der Waals surface area contributed by atoms with Crippen LogP contribution >= 0.6 is 11.3 Å². The molecule has 0 saturated carbocycles.